The lowest BCUT2D eigenvalue weighted by Gasteiger charge is -2.29. The van der Waals surface area contributed by atoms with Crippen LogP contribution in [0.3, 0.4) is 0 Å². The Labute approximate surface area is 126 Å². The minimum Gasteiger partial charge on any atom is -0.314 e. The lowest BCUT2D eigenvalue weighted by Crippen LogP contribution is -2.35. The van der Waals surface area contributed by atoms with E-state index in [0.29, 0.717) is 0 Å². The largest absolute Gasteiger partial charge is 0.314 e. The van der Waals surface area contributed by atoms with Crippen LogP contribution in [-0.2, 0) is 5.75 Å². The molecule has 0 radical (unpaired) electrons. The highest BCUT2D eigenvalue weighted by Gasteiger charge is 2.21. The van der Waals surface area contributed by atoms with Crippen LogP contribution < -0.4 is 5.32 Å². The molecular formula is C16H24ClNS. The Balaban J connectivity index is 1.74. The normalized spacial score (nSPS) is 23.5. The molecule has 0 aliphatic heterocycles. The maximum absolute atomic E-state index is 5.91. The minimum absolute atomic E-state index is 0.747. The van der Waals surface area contributed by atoms with E-state index in [0.717, 1.165) is 22.1 Å². The molecule has 1 N–H and O–H groups in total. The Kier molecular flexibility index (Phi) is 6.55. The average molecular weight is 298 g/mol. The molecular weight excluding hydrogens is 274 g/mol. The van der Waals surface area contributed by atoms with E-state index >= 15 is 0 Å². The van der Waals surface area contributed by atoms with Gasteiger partial charge in [-0.1, -0.05) is 37.1 Å². The van der Waals surface area contributed by atoms with E-state index in [-0.39, 0.29) is 0 Å². The first-order chi connectivity index (χ1) is 9.28. The molecule has 0 aromatic heterocycles. The van der Waals surface area contributed by atoms with Gasteiger partial charge in [0.05, 0.1) is 0 Å². The van der Waals surface area contributed by atoms with Crippen LogP contribution in [0.2, 0.25) is 5.02 Å². The first-order valence-corrected chi connectivity index (χ1v) is 8.80. The monoisotopic (exact) mass is 297 g/mol. The van der Waals surface area contributed by atoms with E-state index in [2.05, 4.69) is 36.1 Å². The Hall–Kier alpha value is -0.180. The summed E-state index contributed by atoms with van der Waals surface area (Å²) in [5.41, 5.74) is 1.39. The second-order valence-corrected chi connectivity index (χ2v) is 7.10. The van der Waals surface area contributed by atoms with Gasteiger partial charge >= 0.3 is 0 Å². The smallest absolute Gasteiger partial charge is 0.0406 e. The van der Waals surface area contributed by atoms with Crippen molar-refractivity contribution in [3.8, 4) is 0 Å². The fourth-order valence-electron chi connectivity index (χ4n) is 2.62. The van der Waals surface area contributed by atoms with Crippen molar-refractivity contribution in [1.82, 2.24) is 5.32 Å². The van der Waals surface area contributed by atoms with Crippen molar-refractivity contribution in [2.45, 2.75) is 56.1 Å². The summed E-state index contributed by atoms with van der Waals surface area (Å²) in [6.07, 6.45) is 6.68. The fraction of sp³-hybridized carbons (Fsp3) is 0.625. The number of benzene rings is 1. The number of halogens is 1. The number of hydrogen-bond donors (Lipinski definition) is 1. The Bertz CT molecular complexity index is 366. The third-order valence-electron chi connectivity index (χ3n) is 3.71. The Morgan fingerprint density at radius 1 is 1.26 bits per heavy atom. The number of thioether (sulfide) groups is 1. The number of hydrogen-bond acceptors (Lipinski definition) is 2. The summed E-state index contributed by atoms with van der Waals surface area (Å²) in [7, 11) is 0. The summed E-state index contributed by atoms with van der Waals surface area (Å²) < 4.78 is 0. The summed E-state index contributed by atoms with van der Waals surface area (Å²) in [5.74, 6) is 1.11. The van der Waals surface area contributed by atoms with Crippen molar-refractivity contribution in [3.05, 3.63) is 34.9 Å². The number of nitrogens with one attached hydrogen (secondary N) is 1. The van der Waals surface area contributed by atoms with Crippen LogP contribution in [0.15, 0.2) is 24.3 Å². The molecule has 19 heavy (non-hydrogen) atoms. The fourth-order valence-corrected chi connectivity index (χ4v) is 4.07. The van der Waals surface area contributed by atoms with Crippen molar-refractivity contribution in [2.75, 3.05) is 6.54 Å². The summed E-state index contributed by atoms with van der Waals surface area (Å²) in [6.45, 7) is 3.40. The van der Waals surface area contributed by atoms with E-state index < -0.39 is 0 Å². The predicted octanol–water partition coefficient (Wildman–Crippen LogP) is 4.88. The van der Waals surface area contributed by atoms with Gasteiger partial charge in [0.15, 0.2) is 0 Å². The summed E-state index contributed by atoms with van der Waals surface area (Å²) in [4.78, 5) is 0. The molecule has 0 heterocycles. The summed E-state index contributed by atoms with van der Waals surface area (Å²) >= 11 is 8.02. The predicted molar refractivity (Wildman–Crippen MR) is 87.1 cm³/mol. The van der Waals surface area contributed by atoms with Gasteiger partial charge in [0.25, 0.3) is 0 Å². The standard InChI is InChI=1S/C16H24ClNS/c1-2-10-18-15-4-3-5-16(11-15)19-12-13-6-8-14(17)9-7-13/h6-9,15-16,18H,2-5,10-12H2,1H3. The molecule has 1 aliphatic rings. The number of rotatable bonds is 6. The van der Waals surface area contributed by atoms with Crippen LogP contribution in [0.4, 0.5) is 0 Å². The molecule has 1 nitrogen and oxygen atoms in total. The van der Waals surface area contributed by atoms with Gasteiger partial charge in [-0.25, -0.2) is 0 Å². The maximum atomic E-state index is 5.91. The zero-order valence-corrected chi connectivity index (χ0v) is 13.3. The van der Waals surface area contributed by atoms with Crippen molar-refractivity contribution in [3.63, 3.8) is 0 Å². The SMILES string of the molecule is CCCNC1CCCC(SCc2ccc(Cl)cc2)C1. The average Bonchev–Trinajstić information content (AvgIpc) is 2.45. The van der Waals surface area contributed by atoms with Crippen LogP contribution in [0.5, 0.6) is 0 Å². The molecule has 1 fully saturated rings. The molecule has 106 valence electrons. The molecule has 0 amide bonds. The van der Waals surface area contributed by atoms with Gasteiger partial charge in [0.2, 0.25) is 0 Å². The molecule has 0 saturated heterocycles. The van der Waals surface area contributed by atoms with Gasteiger partial charge in [0, 0.05) is 22.1 Å². The van der Waals surface area contributed by atoms with Crippen LogP contribution in [-0.4, -0.2) is 17.8 Å². The molecule has 1 aromatic carbocycles. The van der Waals surface area contributed by atoms with E-state index in [9.17, 15) is 0 Å². The third-order valence-corrected chi connectivity index (χ3v) is 5.36. The summed E-state index contributed by atoms with van der Waals surface area (Å²) in [5, 5.41) is 5.32. The minimum atomic E-state index is 0.747. The van der Waals surface area contributed by atoms with Crippen LogP contribution in [0, 0.1) is 0 Å². The Morgan fingerprint density at radius 2 is 2.05 bits per heavy atom. The highest BCUT2D eigenvalue weighted by atomic mass is 35.5. The van der Waals surface area contributed by atoms with Gasteiger partial charge in [-0.05, 0) is 49.9 Å². The van der Waals surface area contributed by atoms with Crippen molar-refractivity contribution < 1.29 is 0 Å². The molecule has 0 spiro atoms. The Morgan fingerprint density at radius 3 is 2.79 bits per heavy atom. The lowest BCUT2D eigenvalue weighted by atomic mass is 9.95. The van der Waals surface area contributed by atoms with Gasteiger partial charge in [0.1, 0.15) is 0 Å². The molecule has 2 rings (SSSR count). The topological polar surface area (TPSA) is 12.0 Å². The third kappa shape index (κ3) is 5.37. The molecule has 1 aromatic rings. The van der Waals surface area contributed by atoms with E-state index in [1.807, 2.05) is 12.1 Å². The molecule has 3 heteroatoms. The molecule has 0 bridgehead atoms. The highest BCUT2D eigenvalue weighted by molar-refractivity contribution is 7.99. The zero-order valence-electron chi connectivity index (χ0n) is 11.7. The second-order valence-electron chi connectivity index (χ2n) is 5.38. The zero-order chi connectivity index (χ0) is 13.5. The van der Waals surface area contributed by atoms with Gasteiger partial charge in [-0.3, -0.25) is 0 Å². The summed E-state index contributed by atoms with van der Waals surface area (Å²) in [6, 6.07) is 9.01. The molecule has 1 aliphatic carbocycles. The maximum Gasteiger partial charge on any atom is 0.0406 e. The quantitative estimate of drug-likeness (QED) is 0.803. The molecule has 1 saturated carbocycles. The van der Waals surface area contributed by atoms with Gasteiger partial charge in [-0.2, -0.15) is 11.8 Å². The van der Waals surface area contributed by atoms with Crippen LogP contribution in [0.25, 0.3) is 0 Å². The van der Waals surface area contributed by atoms with Gasteiger partial charge in [-0.15, -0.1) is 0 Å². The van der Waals surface area contributed by atoms with Gasteiger partial charge < -0.3 is 5.32 Å². The van der Waals surface area contributed by atoms with E-state index in [4.69, 9.17) is 11.6 Å². The van der Waals surface area contributed by atoms with E-state index in [1.165, 1.54) is 44.2 Å². The second kappa shape index (κ2) is 8.18. The first-order valence-electron chi connectivity index (χ1n) is 7.37. The lowest BCUT2D eigenvalue weighted by molar-refractivity contribution is 0.381. The molecule has 2 unspecified atom stereocenters. The van der Waals surface area contributed by atoms with Crippen molar-refractivity contribution >= 4 is 23.4 Å². The van der Waals surface area contributed by atoms with Crippen molar-refractivity contribution in [2.24, 2.45) is 0 Å². The van der Waals surface area contributed by atoms with Crippen LogP contribution in [0.1, 0.15) is 44.6 Å². The van der Waals surface area contributed by atoms with Crippen LogP contribution >= 0.6 is 23.4 Å². The first kappa shape index (κ1) is 15.2. The highest BCUT2D eigenvalue weighted by Crippen LogP contribution is 2.31. The van der Waals surface area contributed by atoms with Crippen molar-refractivity contribution in [1.29, 1.82) is 0 Å². The molecule has 2 atom stereocenters. The van der Waals surface area contributed by atoms with E-state index in [1.54, 1.807) is 0 Å².